The summed E-state index contributed by atoms with van der Waals surface area (Å²) in [7, 11) is 1.59. The molecule has 0 aliphatic rings. The van der Waals surface area contributed by atoms with Crippen molar-refractivity contribution in [2.45, 2.75) is 18.9 Å². The van der Waals surface area contributed by atoms with E-state index in [1.54, 1.807) is 25.5 Å². The molecule has 0 spiro atoms. The van der Waals surface area contributed by atoms with E-state index in [2.05, 4.69) is 0 Å². The molecule has 0 bridgehead atoms. The molecule has 0 radical (unpaired) electrons. The Morgan fingerprint density at radius 3 is 3.07 bits per heavy atom. The zero-order valence-corrected chi connectivity index (χ0v) is 8.23. The number of furan rings is 1. The highest BCUT2D eigenvalue weighted by Crippen LogP contribution is 2.03. The number of carbonyl (C=O) groups is 1. The largest absolute Gasteiger partial charge is 0.469 e. The molecule has 4 nitrogen and oxygen atoms in total. The molecule has 1 heterocycles. The Morgan fingerprint density at radius 2 is 2.50 bits per heavy atom. The second kappa shape index (κ2) is 5.57. The van der Waals surface area contributed by atoms with Gasteiger partial charge in [-0.15, -0.1) is 0 Å². The lowest BCUT2D eigenvalue weighted by Crippen LogP contribution is -2.32. The molecule has 0 saturated heterocycles. The minimum Gasteiger partial charge on any atom is -0.469 e. The normalized spacial score (nSPS) is 12.7. The van der Waals surface area contributed by atoms with Crippen LogP contribution in [-0.4, -0.2) is 25.5 Å². The minimum atomic E-state index is -0.458. The second-order valence-corrected chi connectivity index (χ2v) is 3.11. The van der Waals surface area contributed by atoms with E-state index in [9.17, 15) is 4.79 Å². The summed E-state index contributed by atoms with van der Waals surface area (Å²) >= 11 is 0. The molecular weight excluding hydrogens is 182 g/mol. The first-order valence-corrected chi connectivity index (χ1v) is 4.53. The highest BCUT2D eigenvalue weighted by Gasteiger charge is 2.14. The fraction of sp³-hybridized carbons (Fsp3) is 0.500. The van der Waals surface area contributed by atoms with E-state index in [4.69, 9.17) is 14.9 Å². The summed E-state index contributed by atoms with van der Waals surface area (Å²) in [5.41, 5.74) is 5.65. The monoisotopic (exact) mass is 197 g/mol. The number of hydrogen-bond donors (Lipinski definition) is 1. The summed E-state index contributed by atoms with van der Waals surface area (Å²) < 4.78 is 9.89. The Labute approximate surface area is 83.0 Å². The van der Waals surface area contributed by atoms with Crippen LogP contribution in [0.4, 0.5) is 0 Å². The summed E-state index contributed by atoms with van der Waals surface area (Å²) in [6.45, 7) is 0.505. The molecule has 2 N–H and O–H groups in total. The van der Waals surface area contributed by atoms with Crippen molar-refractivity contribution in [3.63, 3.8) is 0 Å². The summed E-state index contributed by atoms with van der Waals surface area (Å²) in [5, 5.41) is 0. The van der Waals surface area contributed by atoms with Crippen LogP contribution in [0.3, 0.4) is 0 Å². The van der Waals surface area contributed by atoms with Crippen LogP contribution in [0.25, 0.3) is 0 Å². The fourth-order valence-corrected chi connectivity index (χ4v) is 1.12. The van der Waals surface area contributed by atoms with Gasteiger partial charge in [-0.3, -0.25) is 4.79 Å². The Bertz CT molecular complexity index is 269. The summed E-state index contributed by atoms with van der Waals surface area (Å²) in [5.74, 6) is 0.639. The number of rotatable bonds is 6. The first-order chi connectivity index (χ1) is 6.74. The number of Topliss-reactive ketones (excluding diaryl/α,β-unsaturated/α-hetero) is 1. The van der Waals surface area contributed by atoms with E-state index in [0.29, 0.717) is 18.8 Å². The van der Waals surface area contributed by atoms with Gasteiger partial charge in [0.1, 0.15) is 5.76 Å². The SMILES string of the molecule is COCCC(N)C(=O)Cc1ccco1. The first-order valence-electron chi connectivity index (χ1n) is 4.53. The molecule has 1 rings (SSSR count). The van der Waals surface area contributed by atoms with Crippen LogP contribution in [-0.2, 0) is 16.0 Å². The summed E-state index contributed by atoms with van der Waals surface area (Å²) in [6.07, 6.45) is 2.36. The van der Waals surface area contributed by atoms with Crippen molar-refractivity contribution in [1.82, 2.24) is 0 Å². The molecule has 0 saturated carbocycles. The van der Waals surface area contributed by atoms with Gasteiger partial charge in [-0.1, -0.05) is 0 Å². The molecule has 0 aromatic carbocycles. The molecule has 0 amide bonds. The number of ether oxygens (including phenoxy) is 1. The summed E-state index contributed by atoms with van der Waals surface area (Å²) in [4.78, 5) is 11.5. The van der Waals surface area contributed by atoms with Crippen molar-refractivity contribution in [2.24, 2.45) is 5.73 Å². The zero-order valence-electron chi connectivity index (χ0n) is 8.23. The van der Waals surface area contributed by atoms with Gasteiger partial charge in [0.25, 0.3) is 0 Å². The quantitative estimate of drug-likeness (QED) is 0.731. The van der Waals surface area contributed by atoms with Gasteiger partial charge in [0.15, 0.2) is 5.78 Å². The smallest absolute Gasteiger partial charge is 0.157 e. The van der Waals surface area contributed by atoms with Crippen LogP contribution >= 0.6 is 0 Å². The maximum atomic E-state index is 11.5. The van der Waals surface area contributed by atoms with Gasteiger partial charge >= 0.3 is 0 Å². The number of nitrogens with two attached hydrogens (primary N) is 1. The Balaban J connectivity index is 2.34. The van der Waals surface area contributed by atoms with Gasteiger partial charge in [-0.25, -0.2) is 0 Å². The molecule has 1 aromatic heterocycles. The highest BCUT2D eigenvalue weighted by atomic mass is 16.5. The van der Waals surface area contributed by atoms with Crippen molar-refractivity contribution >= 4 is 5.78 Å². The standard InChI is InChI=1S/C10H15NO3/c1-13-6-4-9(11)10(12)7-8-3-2-5-14-8/h2-3,5,9H,4,6-7,11H2,1H3. The van der Waals surface area contributed by atoms with E-state index in [0.717, 1.165) is 0 Å². The third-order valence-corrected chi connectivity index (χ3v) is 1.98. The maximum Gasteiger partial charge on any atom is 0.157 e. The van der Waals surface area contributed by atoms with Crippen molar-refractivity contribution < 1.29 is 13.9 Å². The molecule has 1 aromatic rings. The van der Waals surface area contributed by atoms with Crippen LogP contribution in [0, 0.1) is 0 Å². The second-order valence-electron chi connectivity index (χ2n) is 3.11. The Kier molecular flexibility index (Phi) is 4.35. The number of carbonyl (C=O) groups excluding carboxylic acids is 1. The molecule has 4 heteroatoms. The minimum absolute atomic E-state index is 0.0167. The van der Waals surface area contributed by atoms with Crippen molar-refractivity contribution in [2.75, 3.05) is 13.7 Å². The van der Waals surface area contributed by atoms with Crippen molar-refractivity contribution in [1.29, 1.82) is 0 Å². The van der Waals surface area contributed by atoms with Crippen LogP contribution in [0.1, 0.15) is 12.2 Å². The lowest BCUT2D eigenvalue weighted by molar-refractivity contribution is -0.120. The highest BCUT2D eigenvalue weighted by molar-refractivity contribution is 5.85. The lowest BCUT2D eigenvalue weighted by atomic mass is 10.1. The van der Waals surface area contributed by atoms with Crippen LogP contribution < -0.4 is 5.73 Å². The molecule has 0 fully saturated rings. The number of hydrogen-bond acceptors (Lipinski definition) is 4. The number of ketones is 1. The van der Waals surface area contributed by atoms with Crippen molar-refractivity contribution in [3.05, 3.63) is 24.2 Å². The molecule has 1 atom stereocenters. The van der Waals surface area contributed by atoms with E-state index in [1.165, 1.54) is 0 Å². The maximum absolute atomic E-state index is 11.5. The van der Waals surface area contributed by atoms with E-state index in [1.807, 2.05) is 0 Å². The van der Waals surface area contributed by atoms with Gasteiger partial charge in [0.05, 0.1) is 18.7 Å². The van der Waals surface area contributed by atoms with Gasteiger partial charge < -0.3 is 14.9 Å². The number of methoxy groups -OCH3 is 1. The average Bonchev–Trinajstić information content (AvgIpc) is 2.66. The van der Waals surface area contributed by atoms with Gasteiger partial charge in [0.2, 0.25) is 0 Å². The molecule has 1 unspecified atom stereocenters. The Morgan fingerprint density at radius 1 is 1.71 bits per heavy atom. The van der Waals surface area contributed by atoms with Gasteiger partial charge in [-0.2, -0.15) is 0 Å². The molecule has 14 heavy (non-hydrogen) atoms. The zero-order chi connectivity index (χ0) is 10.4. The predicted molar refractivity (Wildman–Crippen MR) is 51.9 cm³/mol. The topological polar surface area (TPSA) is 65.5 Å². The Hall–Kier alpha value is -1.13. The third kappa shape index (κ3) is 3.32. The molecule has 0 aliphatic heterocycles. The first kappa shape index (κ1) is 10.9. The van der Waals surface area contributed by atoms with Gasteiger partial charge in [-0.05, 0) is 18.6 Å². The van der Waals surface area contributed by atoms with Crippen LogP contribution in [0.5, 0.6) is 0 Å². The molecule has 78 valence electrons. The summed E-state index contributed by atoms with van der Waals surface area (Å²) in [6, 6.07) is 3.06. The molecule has 0 aliphatic carbocycles. The lowest BCUT2D eigenvalue weighted by Gasteiger charge is -2.08. The third-order valence-electron chi connectivity index (χ3n) is 1.98. The van der Waals surface area contributed by atoms with E-state index >= 15 is 0 Å². The van der Waals surface area contributed by atoms with E-state index in [-0.39, 0.29) is 12.2 Å². The molecular formula is C10H15NO3. The van der Waals surface area contributed by atoms with Gasteiger partial charge in [0, 0.05) is 13.7 Å². The van der Waals surface area contributed by atoms with E-state index < -0.39 is 6.04 Å². The van der Waals surface area contributed by atoms with Crippen molar-refractivity contribution in [3.8, 4) is 0 Å². The van der Waals surface area contributed by atoms with Crippen LogP contribution in [0.15, 0.2) is 22.8 Å². The fourth-order valence-electron chi connectivity index (χ4n) is 1.12. The van der Waals surface area contributed by atoms with Crippen LogP contribution in [0.2, 0.25) is 0 Å². The average molecular weight is 197 g/mol. The predicted octanol–water partition coefficient (Wildman–Crippen LogP) is 0.755.